The quantitative estimate of drug-likeness (QED) is 0.905. The molecule has 0 spiro atoms. The van der Waals surface area contributed by atoms with E-state index >= 15 is 0 Å². The molecule has 2 aromatic rings. The molecule has 3 rings (SSSR count). The summed E-state index contributed by atoms with van der Waals surface area (Å²) < 4.78 is 27.5. The van der Waals surface area contributed by atoms with E-state index in [9.17, 15) is 13.2 Å². The van der Waals surface area contributed by atoms with E-state index in [0.717, 1.165) is 4.90 Å². The highest BCUT2D eigenvalue weighted by molar-refractivity contribution is 8.00. The summed E-state index contributed by atoms with van der Waals surface area (Å²) >= 11 is 1.43. The van der Waals surface area contributed by atoms with Gasteiger partial charge in [0.05, 0.1) is 22.0 Å². The molecular weight excluding hydrogens is 320 g/mol. The third-order valence-corrected chi connectivity index (χ3v) is 5.86. The summed E-state index contributed by atoms with van der Waals surface area (Å²) in [5, 5.41) is 2.74. The van der Waals surface area contributed by atoms with E-state index in [2.05, 4.69) is 10.0 Å². The average Bonchev–Trinajstić information content (AvgIpc) is 2.46. The first-order valence-corrected chi connectivity index (χ1v) is 9.08. The summed E-state index contributed by atoms with van der Waals surface area (Å²) in [5.41, 5.74) is 1.73. The standard InChI is InChI=1S/C15H14N2O3S2/c1-10-4-2-3-5-14(10)22(19,20)17-11-6-7-13-12(8-11)16-15(18)9-21-13/h2-8,17H,9H2,1H3,(H,16,18). The topological polar surface area (TPSA) is 75.3 Å². The molecule has 1 amide bonds. The van der Waals surface area contributed by atoms with E-state index in [0.29, 0.717) is 22.7 Å². The van der Waals surface area contributed by atoms with Crippen LogP contribution in [-0.4, -0.2) is 20.1 Å². The number of rotatable bonds is 3. The third-order valence-electron chi connectivity index (χ3n) is 3.25. The molecule has 0 radical (unpaired) electrons. The normalized spacial score (nSPS) is 14.1. The van der Waals surface area contributed by atoms with Crippen molar-refractivity contribution in [3.8, 4) is 0 Å². The van der Waals surface area contributed by atoms with Crippen molar-refractivity contribution in [2.45, 2.75) is 16.7 Å². The zero-order chi connectivity index (χ0) is 15.7. The van der Waals surface area contributed by atoms with Gasteiger partial charge in [0, 0.05) is 4.90 Å². The number of thioether (sulfide) groups is 1. The number of nitrogens with one attached hydrogen (secondary N) is 2. The predicted octanol–water partition coefficient (Wildman–Crippen LogP) is 2.84. The minimum Gasteiger partial charge on any atom is -0.324 e. The Kier molecular flexibility index (Phi) is 3.84. The monoisotopic (exact) mass is 334 g/mol. The number of aryl methyl sites for hydroxylation is 1. The third kappa shape index (κ3) is 2.95. The molecule has 7 heteroatoms. The van der Waals surface area contributed by atoms with Crippen molar-refractivity contribution >= 4 is 39.1 Å². The van der Waals surface area contributed by atoms with Crippen LogP contribution in [0.1, 0.15) is 5.56 Å². The second-order valence-electron chi connectivity index (χ2n) is 4.92. The highest BCUT2D eigenvalue weighted by Crippen LogP contribution is 2.34. The van der Waals surface area contributed by atoms with Crippen LogP contribution in [0.5, 0.6) is 0 Å². The maximum absolute atomic E-state index is 12.5. The van der Waals surface area contributed by atoms with Gasteiger partial charge in [-0.2, -0.15) is 0 Å². The number of sulfonamides is 1. The minimum atomic E-state index is -3.65. The first-order valence-electron chi connectivity index (χ1n) is 6.61. The van der Waals surface area contributed by atoms with Crippen molar-refractivity contribution in [1.29, 1.82) is 0 Å². The van der Waals surface area contributed by atoms with Crippen LogP contribution < -0.4 is 10.0 Å². The lowest BCUT2D eigenvalue weighted by molar-refractivity contribution is -0.113. The molecule has 114 valence electrons. The molecule has 0 aromatic heterocycles. The van der Waals surface area contributed by atoms with E-state index < -0.39 is 10.0 Å². The Balaban J connectivity index is 1.92. The van der Waals surface area contributed by atoms with Gasteiger partial charge in [-0.15, -0.1) is 11.8 Å². The zero-order valence-electron chi connectivity index (χ0n) is 11.8. The first-order chi connectivity index (χ1) is 10.5. The molecule has 1 heterocycles. The fourth-order valence-corrected chi connectivity index (χ4v) is 4.30. The molecule has 0 fully saturated rings. The van der Waals surface area contributed by atoms with Gasteiger partial charge in [0.1, 0.15) is 0 Å². The fourth-order valence-electron chi connectivity index (χ4n) is 2.21. The van der Waals surface area contributed by atoms with Crippen molar-refractivity contribution in [3.63, 3.8) is 0 Å². The lowest BCUT2D eigenvalue weighted by atomic mass is 10.2. The van der Waals surface area contributed by atoms with Crippen molar-refractivity contribution in [2.24, 2.45) is 0 Å². The van der Waals surface area contributed by atoms with E-state index in [4.69, 9.17) is 0 Å². The van der Waals surface area contributed by atoms with Gasteiger partial charge in [-0.1, -0.05) is 18.2 Å². The minimum absolute atomic E-state index is 0.0867. The molecule has 22 heavy (non-hydrogen) atoms. The molecule has 5 nitrogen and oxygen atoms in total. The van der Waals surface area contributed by atoms with E-state index in [1.165, 1.54) is 11.8 Å². The molecular formula is C15H14N2O3S2. The Morgan fingerprint density at radius 2 is 1.95 bits per heavy atom. The molecule has 0 saturated heterocycles. The number of fused-ring (bicyclic) bond motifs is 1. The van der Waals surface area contributed by atoms with Crippen LogP contribution >= 0.6 is 11.8 Å². The lowest BCUT2D eigenvalue weighted by Gasteiger charge is -2.17. The Labute approximate surface area is 133 Å². The van der Waals surface area contributed by atoms with Gasteiger partial charge in [0.25, 0.3) is 10.0 Å². The second-order valence-corrected chi connectivity index (χ2v) is 7.59. The molecule has 0 atom stereocenters. The van der Waals surface area contributed by atoms with Crippen LogP contribution in [0.4, 0.5) is 11.4 Å². The van der Waals surface area contributed by atoms with Crippen LogP contribution in [0.2, 0.25) is 0 Å². The maximum atomic E-state index is 12.5. The second kappa shape index (κ2) is 5.66. The van der Waals surface area contributed by atoms with E-state index in [1.54, 1.807) is 49.4 Å². The van der Waals surface area contributed by atoms with E-state index in [-0.39, 0.29) is 10.8 Å². The number of benzene rings is 2. The van der Waals surface area contributed by atoms with Crippen molar-refractivity contribution < 1.29 is 13.2 Å². The molecule has 0 saturated carbocycles. The lowest BCUT2D eigenvalue weighted by Crippen LogP contribution is -2.19. The van der Waals surface area contributed by atoms with Crippen LogP contribution in [0.3, 0.4) is 0 Å². The summed E-state index contributed by atoms with van der Waals surface area (Å²) in [7, 11) is -3.65. The Morgan fingerprint density at radius 1 is 1.18 bits per heavy atom. The van der Waals surface area contributed by atoms with Gasteiger partial charge in [0.2, 0.25) is 5.91 Å². The van der Waals surface area contributed by atoms with Crippen LogP contribution in [-0.2, 0) is 14.8 Å². The molecule has 0 unspecified atom stereocenters. The van der Waals surface area contributed by atoms with Gasteiger partial charge < -0.3 is 5.32 Å². The van der Waals surface area contributed by atoms with Crippen LogP contribution in [0.25, 0.3) is 0 Å². The number of hydrogen-bond donors (Lipinski definition) is 2. The predicted molar refractivity (Wildman–Crippen MR) is 87.8 cm³/mol. The number of carbonyl (C=O) groups excluding carboxylic acids is 1. The summed E-state index contributed by atoms with van der Waals surface area (Å²) in [6, 6.07) is 11.9. The van der Waals surface area contributed by atoms with Crippen LogP contribution in [0, 0.1) is 6.92 Å². The first kappa shape index (κ1) is 14.9. The number of carbonyl (C=O) groups is 1. The smallest absolute Gasteiger partial charge is 0.262 e. The SMILES string of the molecule is Cc1ccccc1S(=O)(=O)Nc1ccc2c(c1)NC(=O)CS2. The van der Waals surface area contributed by atoms with Crippen molar-refractivity contribution in [2.75, 3.05) is 15.8 Å². The molecule has 0 aliphatic carbocycles. The number of anilines is 2. The average molecular weight is 334 g/mol. The summed E-state index contributed by atoms with van der Waals surface area (Å²) in [6.07, 6.45) is 0. The maximum Gasteiger partial charge on any atom is 0.262 e. The van der Waals surface area contributed by atoms with Gasteiger partial charge in [-0.05, 0) is 36.8 Å². The van der Waals surface area contributed by atoms with Crippen molar-refractivity contribution in [3.05, 3.63) is 48.0 Å². The van der Waals surface area contributed by atoms with E-state index in [1.807, 2.05) is 0 Å². The Morgan fingerprint density at radius 3 is 2.73 bits per heavy atom. The highest BCUT2D eigenvalue weighted by atomic mass is 32.2. The molecule has 0 bridgehead atoms. The molecule has 2 aromatic carbocycles. The largest absolute Gasteiger partial charge is 0.324 e. The van der Waals surface area contributed by atoms with Gasteiger partial charge in [-0.25, -0.2) is 8.42 Å². The van der Waals surface area contributed by atoms with Crippen molar-refractivity contribution in [1.82, 2.24) is 0 Å². The molecule has 1 aliphatic rings. The summed E-state index contributed by atoms with van der Waals surface area (Å²) in [6.45, 7) is 1.75. The summed E-state index contributed by atoms with van der Waals surface area (Å²) in [5.74, 6) is 0.290. The molecule has 2 N–H and O–H groups in total. The van der Waals surface area contributed by atoms with Gasteiger partial charge >= 0.3 is 0 Å². The number of amides is 1. The van der Waals surface area contributed by atoms with Gasteiger partial charge in [0.15, 0.2) is 0 Å². The number of hydrogen-bond acceptors (Lipinski definition) is 4. The van der Waals surface area contributed by atoms with Crippen LogP contribution in [0.15, 0.2) is 52.3 Å². The van der Waals surface area contributed by atoms with Gasteiger partial charge in [-0.3, -0.25) is 9.52 Å². The molecule has 1 aliphatic heterocycles. The Bertz CT molecular complexity index is 848. The Hall–Kier alpha value is -1.99. The highest BCUT2D eigenvalue weighted by Gasteiger charge is 2.19. The zero-order valence-corrected chi connectivity index (χ0v) is 13.4. The summed E-state index contributed by atoms with van der Waals surface area (Å²) in [4.78, 5) is 12.6. The fraction of sp³-hybridized carbons (Fsp3) is 0.133.